The molecule has 0 unspecified atom stereocenters. The zero-order valence-electron chi connectivity index (χ0n) is 14.8. The van der Waals surface area contributed by atoms with E-state index in [4.69, 9.17) is 4.74 Å². The standard InChI is InChI=1S/C19H25FN2O2/c1-5-17-13(2)18(19(23)21-10-11-24-4)22(14(17)3)12-15-6-8-16(20)9-7-15/h6-9H,5,10-12H2,1-4H3,(H,21,23). The molecule has 130 valence electrons. The molecule has 0 saturated heterocycles. The molecule has 0 aliphatic rings. The number of amides is 1. The minimum Gasteiger partial charge on any atom is -0.383 e. The molecule has 4 nitrogen and oxygen atoms in total. The van der Waals surface area contributed by atoms with E-state index in [0.717, 1.165) is 23.2 Å². The third-order valence-corrected chi connectivity index (χ3v) is 4.33. The Hall–Kier alpha value is -2.14. The first kappa shape index (κ1) is 18.2. The number of benzene rings is 1. The first-order valence-corrected chi connectivity index (χ1v) is 8.19. The number of nitrogens with zero attached hydrogens (tertiary/aromatic N) is 1. The van der Waals surface area contributed by atoms with Crippen LogP contribution in [0.3, 0.4) is 0 Å². The molecule has 0 aliphatic heterocycles. The molecule has 1 amide bonds. The van der Waals surface area contributed by atoms with Crippen LogP contribution in [0.15, 0.2) is 24.3 Å². The SMILES string of the molecule is CCc1c(C)c(C(=O)NCCOC)n(Cc2ccc(F)cc2)c1C. The maximum atomic E-state index is 13.1. The molecular weight excluding hydrogens is 307 g/mol. The average Bonchev–Trinajstić information content (AvgIpc) is 2.80. The lowest BCUT2D eigenvalue weighted by Crippen LogP contribution is -2.29. The zero-order valence-corrected chi connectivity index (χ0v) is 14.8. The Morgan fingerprint density at radius 2 is 1.92 bits per heavy atom. The molecule has 0 spiro atoms. The minimum atomic E-state index is -0.258. The van der Waals surface area contributed by atoms with Crippen LogP contribution in [0, 0.1) is 19.7 Å². The summed E-state index contributed by atoms with van der Waals surface area (Å²) < 4.78 is 20.1. The van der Waals surface area contributed by atoms with Gasteiger partial charge in [0.15, 0.2) is 0 Å². The number of hydrogen-bond donors (Lipinski definition) is 1. The van der Waals surface area contributed by atoms with E-state index in [1.54, 1.807) is 19.2 Å². The highest BCUT2D eigenvalue weighted by atomic mass is 19.1. The van der Waals surface area contributed by atoms with Crippen molar-refractivity contribution < 1.29 is 13.9 Å². The number of carbonyl (C=O) groups excluding carboxylic acids is 1. The summed E-state index contributed by atoms with van der Waals surface area (Å²) in [5, 5.41) is 2.90. The molecule has 2 aromatic rings. The molecule has 0 saturated carbocycles. The third kappa shape index (κ3) is 3.85. The summed E-state index contributed by atoms with van der Waals surface area (Å²) in [7, 11) is 1.61. The molecule has 2 rings (SSSR count). The van der Waals surface area contributed by atoms with Crippen molar-refractivity contribution in [1.82, 2.24) is 9.88 Å². The van der Waals surface area contributed by atoms with Crippen LogP contribution in [0.2, 0.25) is 0 Å². The van der Waals surface area contributed by atoms with E-state index in [2.05, 4.69) is 12.2 Å². The van der Waals surface area contributed by atoms with Gasteiger partial charge in [-0.2, -0.15) is 0 Å². The first-order valence-electron chi connectivity index (χ1n) is 8.19. The molecule has 0 bridgehead atoms. The van der Waals surface area contributed by atoms with E-state index in [9.17, 15) is 9.18 Å². The monoisotopic (exact) mass is 332 g/mol. The van der Waals surface area contributed by atoms with E-state index >= 15 is 0 Å². The highest BCUT2D eigenvalue weighted by Gasteiger charge is 2.21. The van der Waals surface area contributed by atoms with Gasteiger partial charge in [-0.05, 0) is 49.1 Å². The van der Waals surface area contributed by atoms with E-state index in [0.29, 0.717) is 25.4 Å². The molecule has 1 aromatic carbocycles. The molecule has 1 aromatic heterocycles. The smallest absolute Gasteiger partial charge is 0.268 e. The van der Waals surface area contributed by atoms with E-state index in [1.165, 1.54) is 17.7 Å². The largest absolute Gasteiger partial charge is 0.383 e. The van der Waals surface area contributed by atoms with Crippen molar-refractivity contribution >= 4 is 5.91 Å². The maximum absolute atomic E-state index is 13.1. The van der Waals surface area contributed by atoms with Gasteiger partial charge in [0, 0.05) is 25.9 Å². The summed E-state index contributed by atoms with van der Waals surface area (Å²) in [6.45, 7) is 7.59. The first-order chi connectivity index (χ1) is 11.5. The van der Waals surface area contributed by atoms with Crippen LogP contribution in [0.5, 0.6) is 0 Å². The van der Waals surface area contributed by atoms with Gasteiger partial charge in [-0.3, -0.25) is 4.79 Å². The van der Waals surface area contributed by atoms with E-state index in [-0.39, 0.29) is 11.7 Å². The Morgan fingerprint density at radius 3 is 2.50 bits per heavy atom. The number of halogens is 1. The average molecular weight is 332 g/mol. The number of rotatable bonds is 7. The van der Waals surface area contributed by atoms with Crippen LogP contribution in [-0.2, 0) is 17.7 Å². The van der Waals surface area contributed by atoms with Crippen LogP contribution in [-0.4, -0.2) is 30.7 Å². The van der Waals surface area contributed by atoms with Crippen molar-refractivity contribution in [1.29, 1.82) is 0 Å². The molecule has 0 aliphatic carbocycles. The van der Waals surface area contributed by atoms with Crippen LogP contribution in [0.25, 0.3) is 0 Å². The third-order valence-electron chi connectivity index (χ3n) is 4.33. The van der Waals surface area contributed by atoms with Gasteiger partial charge in [0.25, 0.3) is 5.91 Å². The lowest BCUT2D eigenvalue weighted by molar-refractivity contribution is 0.0927. The summed E-state index contributed by atoms with van der Waals surface area (Å²) in [6.07, 6.45) is 0.867. The lowest BCUT2D eigenvalue weighted by Gasteiger charge is -2.13. The summed E-state index contributed by atoms with van der Waals surface area (Å²) >= 11 is 0. The van der Waals surface area contributed by atoms with Crippen molar-refractivity contribution in [3.05, 3.63) is 58.2 Å². The van der Waals surface area contributed by atoms with Crippen LogP contribution in [0.1, 0.15) is 39.8 Å². The fourth-order valence-electron chi connectivity index (χ4n) is 3.08. The van der Waals surface area contributed by atoms with Gasteiger partial charge < -0.3 is 14.6 Å². The second-order valence-electron chi connectivity index (χ2n) is 5.85. The summed E-state index contributed by atoms with van der Waals surface area (Å²) in [4.78, 5) is 12.6. The number of nitrogens with one attached hydrogen (secondary N) is 1. The van der Waals surface area contributed by atoms with Gasteiger partial charge in [0.1, 0.15) is 11.5 Å². The Kier molecular flexibility index (Phi) is 6.15. The predicted octanol–water partition coefficient (Wildman–Crippen LogP) is 3.23. The number of aromatic nitrogens is 1. The molecule has 5 heteroatoms. The van der Waals surface area contributed by atoms with E-state index < -0.39 is 0 Å². The van der Waals surface area contributed by atoms with Crippen LogP contribution in [0.4, 0.5) is 4.39 Å². The second kappa shape index (κ2) is 8.11. The Bertz CT molecular complexity index is 705. The van der Waals surface area contributed by atoms with E-state index in [1.807, 2.05) is 18.4 Å². The number of carbonyl (C=O) groups is 1. The van der Waals surface area contributed by atoms with Gasteiger partial charge in [-0.1, -0.05) is 19.1 Å². The fourth-order valence-corrected chi connectivity index (χ4v) is 3.08. The highest BCUT2D eigenvalue weighted by Crippen LogP contribution is 2.24. The van der Waals surface area contributed by atoms with Gasteiger partial charge in [-0.25, -0.2) is 4.39 Å². The quantitative estimate of drug-likeness (QED) is 0.791. The summed E-state index contributed by atoms with van der Waals surface area (Å²) in [6, 6.07) is 6.39. The van der Waals surface area contributed by atoms with Crippen molar-refractivity contribution in [2.45, 2.75) is 33.7 Å². The van der Waals surface area contributed by atoms with Crippen molar-refractivity contribution in [3.8, 4) is 0 Å². The minimum absolute atomic E-state index is 0.102. The zero-order chi connectivity index (χ0) is 17.7. The molecule has 1 heterocycles. The highest BCUT2D eigenvalue weighted by molar-refractivity contribution is 5.95. The molecule has 1 N–H and O–H groups in total. The fraction of sp³-hybridized carbons (Fsp3) is 0.421. The number of hydrogen-bond acceptors (Lipinski definition) is 2. The summed E-state index contributed by atoms with van der Waals surface area (Å²) in [5.41, 5.74) is 4.91. The number of methoxy groups -OCH3 is 1. The Morgan fingerprint density at radius 1 is 1.25 bits per heavy atom. The normalized spacial score (nSPS) is 10.9. The maximum Gasteiger partial charge on any atom is 0.268 e. The summed E-state index contributed by atoms with van der Waals surface area (Å²) in [5.74, 6) is -0.361. The molecule has 0 radical (unpaired) electrons. The predicted molar refractivity (Wildman–Crippen MR) is 93.0 cm³/mol. The van der Waals surface area contributed by atoms with Gasteiger partial charge in [0.05, 0.1) is 6.61 Å². The van der Waals surface area contributed by atoms with Crippen molar-refractivity contribution in [3.63, 3.8) is 0 Å². The molecule has 24 heavy (non-hydrogen) atoms. The van der Waals surface area contributed by atoms with Crippen molar-refractivity contribution in [2.75, 3.05) is 20.3 Å². The molecule has 0 atom stereocenters. The second-order valence-corrected chi connectivity index (χ2v) is 5.85. The Labute approximate surface area is 142 Å². The van der Waals surface area contributed by atoms with Gasteiger partial charge in [0.2, 0.25) is 0 Å². The van der Waals surface area contributed by atoms with Crippen LogP contribution >= 0.6 is 0 Å². The molecular formula is C19H25FN2O2. The number of ether oxygens (including phenoxy) is 1. The van der Waals surface area contributed by atoms with Crippen LogP contribution < -0.4 is 5.32 Å². The topological polar surface area (TPSA) is 43.3 Å². The molecule has 0 fully saturated rings. The lowest BCUT2D eigenvalue weighted by atomic mass is 10.1. The van der Waals surface area contributed by atoms with Gasteiger partial charge in [-0.15, -0.1) is 0 Å². The van der Waals surface area contributed by atoms with Crippen molar-refractivity contribution in [2.24, 2.45) is 0 Å². The Balaban J connectivity index is 2.37. The van der Waals surface area contributed by atoms with Gasteiger partial charge >= 0.3 is 0 Å².